The molecule has 0 bridgehead atoms. The first kappa shape index (κ1) is 13.0. The van der Waals surface area contributed by atoms with Gasteiger partial charge in [0.1, 0.15) is 0 Å². The summed E-state index contributed by atoms with van der Waals surface area (Å²) in [6.45, 7) is 2.05. The predicted molar refractivity (Wildman–Crippen MR) is 27.4 cm³/mol. The van der Waals surface area contributed by atoms with E-state index in [0.717, 1.165) is 0 Å². The highest BCUT2D eigenvalue weighted by Crippen LogP contribution is 2.46. The minimum atomic E-state index is -6.40. The summed E-state index contributed by atoms with van der Waals surface area (Å²) < 4.78 is 84.2. The molecular weight excluding hydrogens is 225 g/mol. The third-order valence-electron chi connectivity index (χ3n) is 0.984. The standard InChI is InChI=1S/C5H2F7O2/c1-2(13)14-3(6,4(7,8)9)5(10,11)12/h1H2. The average Bonchev–Trinajstić information content (AvgIpc) is 1.79. The lowest BCUT2D eigenvalue weighted by molar-refractivity contribution is -0.416. The molecule has 0 aliphatic carbocycles. The van der Waals surface area contributed by atoms with E-state index in [-0.39, 0.29) is 0 Å². The minimum absolute atomic E-state index is 2.05. The molecule has 9 heteroatoms. The molecule has 0 heterocycles. The van der Waals surface area contributed by atoms with Crippen LogP contribution in [0.25, 0.3) is 0 Å². The topological polar surface area (TPSA) is 26.3 Å². The van der Waals surface area contributed by atoms with Gasteiger partial charge in [0.15, 0.2) is 0 Å². The fraction of sp³-hybridized carbons (Fsp3) is 0.600. The molecule has 0 atom stereocenters. The molecule has 0 aliphatic heterocycles. The molecule has 0 aliphatic rings. The van der Waals surface area contributed by atoms with Crippen molar-refractivity contribution >= 4 is 5.97 Å². The van der Waals surface area contributed by atoms with Crippen LogP contribution >= 0.6 is 0 Å². The lowest BCUT2D eigenvalue weighted by atomic mass is 10.3. The number of carbonyl (C=O) groups excluding carboxylic acids is 1. The van der Waals surface area contributed by atoms with E-state index in [9.17, 15) is 35.5 Å². The van der Waals surface area contributed by atoms with Crippen molar-refractivity contribution in [2.75, 3.05) is 0 Å². The zero-order valence-corrected chi connectivity index (χ0v) is 6.17. The Hall–Kier alpha value is -1.02. The van der Waals surface area contributed by atoms with Crippen molar-refractivity contribution in [2.45, 2.75) is 18.2 Å². The molecule has 0 saturated carbocycles. The van der Waals surface area contributed by atoms with Crippen LogP contribution in [0.4, 0.5) is 30.7 Å². The Bertz CT molecular complexity index is 213. The lowest BCUT2D eigenvalue weighted by Gasteiger charge is -2.28. The van der Waals surface area contributed by atoms with Crippen LogP contribution < -0.4 is 0 Å². The summed E-state index contributed by atoms with van der Waals surface area (Å²) in [7, 11) is 0. The molecular formula is C5H2F7O2. The minimum Gasteiger partial charge on any atom is -0.413 e. The van der Waals surface area contributed by atoms with Crippen LogP contribution in [0.15, 0.2) is 0 Å². The second-order valence-electron chi connectivity index (χ2n) is 2.06. The number of hydrogen-bond acceptors (Lipinski definition) is 2. The molecule has 0 fully saturated rings. The number of alkyl halides is 7. The van der Waals surface area contributed by atoms with Gasteiger partial charge in [-0.15, -0.1) is 0 Å². The number of ether oxygens (including phenoxy) is 1. The SMILES string of the molecule is [CH2]C(=O)OC(F)(C(F)(F)F)C(F)(F)F. The van der Waals surface area contributed by atoms with Gasteiger partial charge in [0.2, 0.25) is 0 Å². The van der Waals surface area contributed by atoms with E-state index in [4.69, 9.17) is 0 Å². The number of hydrogen-bond donors (Lipinski definition) is 0. The zero-order valence-electron chi connectivity index (χ0n) is 6.17. The maximum absolute atomic E-state index is 12.3. The van der Waals surface area contributed by atoms with Crippen LogP contribution in [0.2, 0.25) is 0 Å². The van der Waals surface area contributed by atoms with Crippen molar-refractivity contribution in [3.63, 3.8) is 0 Å². The molecule has 0 spiro atoms. The number of rotatable bonds is 1. The smallest absolute Gasteiger partial charge is 0.413 e. The summed E-state index contributed by atoms with van der Waals surface area (Å²) in [6.07, 6.45) is -12.8. The van der Waals surface area contributed by atoms with Crippen molar-refractivity contribution in [3.8, 4) is 0 Å². The van der Waals surface area contributed by atoms with Crippen LogP contribution in [-0.4, -0.2) is 24.2 Å². The van der Waals surface area contributed by atoms with Crippen LogP contribution in [-0.2, 0) is 9.53 Å². The van der Waals surface area contributed by atoms with Crippen molar-refractivity contribution in [1.29, 1.82) is 0 Å². The first-order chi connectivity index (χ1) is 5.92. The largest absolute Gasteiger partial charge is 0.470 e. The summed E-state index contributed by atoms with van der Waals surface area (Å²) in [5.74, 6) is -8.29. The Balaban J connectivity index is 5.18. The van der Waals surface area contributed by atoms with Crippen molar-refractivity contribution in [1.82, 2.24) is 0 Å². The summed E-state index contributed by atoms with van der Waals surface area (Å²) in [5, 5.41) is 0. The van der Waals surface area contributed by atoms with E-state index in [2.05, 4.69) is 4.74 Å². The normalized spacial score (nSPS) is 14.0. The van der Waals surface area contributed by atoms with Gasteiger partial charge >= 0.3 is 24.2 Å². The zero-order chi connectivity index (χ0) is 11.8. The molecule has 0 rings (SSSR count). The molecule has 0 saturated heterocycles. The number of esters is 1. The van der Waals surface area contributed by atoms with Crippen LogP contribution in [0.5, 0.6) is 0 Å². The monoisotopic (exact) mass is 227 g/mol. The summed E-state index contributed by atoms with van der Waals surface area (Å²) in [5.41, 5.74) is 0. The van der Waals surface area contributed by atoms with Gasteiger partial charge in [-0.1, -0.05) is 0 Å². The highest BCUT2D eigenvalue weighted by Gasteiger charge is 2.76. The van der Waals surface area contributed by atoms with E-state index < -0.39 is 24.2 Å². The highest BCUT2D eigenvalue weighted by molar-refractivity contribution is 5.74. The van der Waals surface area contributed by atoms with Gasteiger partial charge in [-0.05, 0) is 0 Å². The third kappa shape index (κ3) is 2.26. The van der Waals surface area contributed by atoms with Gasteiger partial charge in [-0.3, -0.25) is 4.79 Å². The third-order valence-corrected chi connectivity index (χ3v) is 0.984. The second kappa shape index (κ2) is 3.28. The summed E-state index contributed by atoms with van der Waals surface area (Å²) in [4.78, 5) is 9.78. The van der Waals surface area contributed by atoms with E-state index in [1.54, 1.807) is 0 Å². The Morgan fingerprint density at radius 2 is 1.21 bits per heavy atom. The fourth-order valence-electron chi connectivity index (χ4n) is 0.433. The highest BCUT2D eigenvalue weighted by atomic mass is 19.4. The Morgan fingerprint density at radius 3 is 1.29 bits per heavy atom. The van der Waals surface area contributed by atoms with E-state index in [1.807, 2.05) is 6.92 Å². The molecule has 83 valence electrons. The molecule has 2 nitrogen and oxygen atoms in total. The van der Waals surface area contributed by atoms with Crippen LogP contribution in [0, 0.1) is 6.92 Å². The number of carbonyl (C=O) groups is 1. The quantitative estimate of drug-likeness (QED) is 0.506. The van der Waals surface area contributed by atoms with Gasteiger partial charge in [0, 0.05) is 0 Å². The van der Waals surface area contributed by atoms with Crippen molar-refractivity contribution in [3.05, 3.63) is 6.92 Å². The summed E-state index contributed by atoms with van der Waals surface area (Å²) >= 11 is 0. The second-order valence-corrected chi connectivity index (χ2v) is 2.06. The summed E-state index contributed by atoms with van der Waals surface area (Å²) in [6, 6.07) is 0. The molecule has 14 heavy (non-hydrogen) atoms. The van der Waals surface area contributed by atoms with Crippen LogP contribution in [0.3, 0.4) is 0 Å². The van der Waals surface area contributed by atoms with Gasteiger partial charge in [0.05, 0.1) is 6.92 Å². The van der Waals surface area contributed by atoms with Crippen molar-refractivity contribution < 1.29 is 40.3 Å². The fourth-order valence-corrected chi connectivity index (χ4v) is 0.433. The van der Waals surface area contributed by atoms with E-state index in [1.165, 1.54) is 0 Å². The Labute approximate surface area is 72.6 Å². The molecule has 0 amide bonds. The lowest BCUT2D eigenvalue weighted by Crippen LogP contribution is -2.56. The maximum Gasteiger partial charge on any atom is 0.470 e. The van der Waals surface area contributed by atoms with Gasteiger partial charge in [0.25, 0.3) is 0 Å². The number of halogens is 7. The van der Waals surface area contributed by atoms with Crippen molar-refractivity contribution in [2.24, 2.45) is 0 Å². The predicted octanol–water partition coefficient (Wildman–Crippen LogP) is 2.15. The van der Waals surface area contributed by atoms with Gasteiger partial charge in [-0.2, -0.15) is 30.7 Å². The van der Waals surface area contributed by atoms with Crippen LogP contribution in [0.1, 0.15) is 0 Å². The molecule has 0 unspecified atom stereocenters. The van der Waals surface area contributed by atoms with E-state index >= 15 is 0 Å². The first-order valence-corrected chi connectivity index (χ1v) is 2.79. The van der Waals surface area contributed by atoms with Gasteiger partial charge in [-0.25, -0.2) is 0 Å². The molecule has 1 radical (unpaired) electrons. The molecule has 0 aromatic carbocycles. The molecule has 0 aromatic rings. The first-order valence-electron chi connectivity index (χ1n) is 2.79. The average molecular weight is 227 g/mol. The molecule has 0 N–H and O–H groups in total. The van der Waals surface area contributed by atoms with E-state index in [0.29, 0.717) is 0 Å². The van der Waals surface area contributed by atoms with Gasteiger partial charge < -0.3 is 4.74 Å². The Morgan fingerprint density at radius 1 is 0.929 bits per heavy atom. The molecule has 0 aromatic heterocycles. The maximum atomic E-state index is 12.3. The Kier molecular flexibility index (Phi) is 3.04.